The van der Waals surface area contributed by atoms with E-state index in [0.29, 0.717) is 23.4 Å². The number of carbonyl (C=O) groups is 1. The van der Waals surface area contributed by atoms with Crippen LogP contribution in [-0.2, 0) is 11.3 Å². The average molecular weight is 349 g/mol. The van der Waals surface area contributed by atoms with E-state index in [9.17, 15) is 4.79 Å². The number of amides is 1. The Kier molecular flexibility index (Phi) is 4.82. The predicted molar refractivity (Wildman–Crippen MR) is 88.2 cm³/mol. The molecule has 1 atom stereocenters. The summed E-state index contributed by atoms with van der Waals surface area (Å²) in [6.45, 7) is 4.17. The van der Waals surface area contributed by atoms with Gasteiger partial charge in [0.25, 0.3) is 11.1 Å². The van der Waals surface area contributed by atoms with E-state index in [1.54, 1.807) is 30.6 Å². The van der Waals surface area contributed by atoms with Crippen molar-refractivity contribution in [1.29, 1.82) is 0 Å². The van der Waals surface area contributed by atoms with Crippen LogP contribution in [0.25, 0.3) is 11.5 Å². The third-order valence-electron chi connectivity index (χ3n) is 3.16. The molecule has 6 nitrogen and oxygen atoms in total. The van der Waals surface area contributed by atoms with Crippen LogP contribution in [0.2, 0.25) is 0 Å². The Hall–Kier alpha value is -2.06. The molecule has 0 aromatic carbocycles. The van der Waals surface area contributed by atoms with Crippen molar-refractivity contribution in [3.63, 3.8) is 0 Å². The molecule has 23 heavy (non-hydrogen) atoms. The molecule has 0 saturated carbocycles. The molecule has 3 rings (SSSR count). The minimum atomic E-state index is -0.325. The van der Waals surface area contributed by atoms with Crippen molar-refractivity contribution in [2.45, 2.75) is 30.9 Å². The largest absolute Gasteiger partial charge is 0.469 e. The summed E-state index contributed by atoms with van der Waals surface area (Å²) in [5.41, 5.74) is 0.763. The average Bonchev–Trinajstić information content (AvgIpc) is 3.26. The van der Waals surface area contributed by atoms with Crippen LogP contribution in [0, 0.1) is 6.92 Å². The van der Waals surface area contributed by atoms with Crippen molar-refractivity contribution >= 4 is 29.0 Å². The van der Waals surface area contributed by atoms with E-state index in [1.165, 1.54) is 11.8 Å². The first kappa shape index (κ1) is 15.8. The van der Waals surface area contributed by atoms with E-state index in [-0.39, 0.29) is 11.2 Å². The molecule has 1 N–H and O–H groups in total. The molecule has 8 heteroatoms. The lowest BCUT2D eigenvalue weighted by Gasteiger charge is -2.08. The Labute approximate surface area is 141 Å². The van der Waals surface area contributed by atoms with E-state index >= 15 is 0 Å². The molecular weight excluding hydrogens is 334 g/mol. The van der Waals surface area contributed by atoms with Crippen LogP contribution < -0.4 is 5.32 Å². The Morgan fingerprint density at radius 1 is 1.43 bits per heavy atom. The summed E-state index contributed by atoms with van der Waals surface area (Å²) in [4.78, 5) is 13.2. The van der Waals surface area contributed by atoms with Gasteiger partial charge in [0.15, 0.2) is 0 Å². The van der Waals surface area contributed by atoms with Gasteiger partial charge in [-0.2, -0.15) is 0 Å². The molecule has 0 unspecified atom stereocenters. The van der Waals surface area contributed by atoms with Crippen molar-refractivity contribution in [2.24, 2.45) is 0 Å². The summed E-state index contributed by atoms with van der Waals surface area (Å²) in [7, 11) is 0. The second kappa shape index (κ2) is 7.01. The Bertz CT molecular complexity index is 780. The van der Waals surface area contributed by atoms with Gasteiger partial charge in [-0.25, -0.2) is 0 Å². The van der Waals surface area contributed by atoms with Crippen LogP contribution in [0.15, 0.2) is 43.9 Å². The number of rotatable bonds is 6. The number of thiophene rings is 1. The zero-order chi connectivity index (χ0) is 16.2. The van der Waals surface area contributed by atoms with Gasteiger partial charge in [-0.05, 0) is 31.4 Å². The summed E-state index contributed by atoms with van der Waals surface area (Å²) >= 11 is 2.85. The lowest BCUT2D eigenvalue weighted by Crippen LogP contribution is -2.30. The highest BCUT2D eigenvalue weighted by atomic mass is 32.2. The smallest absolute Gasteiger partial charge is 0.277 e. The molecule has 0 radical (unpaired) electrons. The van der Waals surface area contributed by atoms with Crippen molar-refractivity contribution < 1.29 is 13.6 Å². The van der Waals surface area contributed by atoms with Crippen LogP contribution in [0.1, 0.15) is 17.6 Å². The molecule has 0 aliphatic carbocycles. The number of aryl methyl sites for hydroxylation is 1. The quantitative estimate of drug-likeness (QED) is 0.686. The first-order valence-corrected chi connectivity index (χ1v) is 8.74. The Morgan fingerprint density at radius 2 is 2.30 bits per heavy atom. The lowest BCUT2D eigenvalue weighted by molar-refractivity contribution is -0.120. The predicted octanol–water partition coefficient (Wildman–Crippen LogP) is 3.50. The van der Waals surface area contributed by atoms with Crippen molar-refractivity contribution in [2.75, 3.05) is 0 Å². The van der Waals surface area contributed by atoms with Crippen molar-refractivity contribution in [3.05, 3.63) is 40.5 Å². The topological polar surface area (TPSA) is 81.2 Å². The lowest BCUT2D eigenvalue weighted by atomic mass is 10.3. The van der Waals surface area contributed by atoms with Crippen LogP contribution in [0.3, 0.4) is 0 Å². The number of hydrogen-bond acceptors (Lipinski definition) is 7. The second-order valence-corrected chi connectivity index (χ2v) is 7.15. The fraction of sp³-hybridized carbons (Fsp3) is 0.267. The minimum absolute atomic E-state index is 0.0670. The standard InChI is InChI=1S/C15H15N3O3S2/c1-9-12(5-6-20-9)14-17-18-15(21-14)23-10(2)13(19)16-8-11-4-3-7-22-11/h3-7,10H,8H2,1-2H3,(H,16,19)/t10-/m1/s1. The number of nitrogens with zero attached hydrogens (tertiary/aromatic N) is 2. The fourth-order valence-corrected chi connectivity index (χ4v) is 3.26. The minimum Gasteiger partial charge on any atom is -0.469 e. The molecule has 3 aromatic heterocycles. The highest BCUT2D eigenvalue weighted by Gasteiger charge is 2.19. The van der Waals surface area contributed by atoms with E-state index in [0.717, 1.165) is 10.4 Å². The van der Waals surface area contributed by atoms with Gasteiger partial charge in [0.05, 0.1) is 23.6 Å². The zero-order valence-electron chi connectivity index (χ0n) is 12.6. The van der Waals surface area contributed by atoms with Crippen LogP contribution in [0.5, 0.6) is 0 Å². The highest BCUT2D eigenvalue weighted by Crippen LogP contribution is 2.28. The van der Waals surface area contributed by atoms with E-state index in [2.05, 4.69) is 15.5 Å². The molecule has 0 spiro atoms. The molecule has 0 aliphatic heterocycles. The van der Waals surface area contributed by atoms with Gasteiger partial charge >= 0.3 is 0 Å². The van der Waals surface area contributed by atoms with Crippen LogP contribution >= 0.6 is 23.1 Å². The van der Waals surface area contributed by atoms with Gasteiger partial charge in [-0.15, -0.1) is 21.5 Å². The summed E-state index contributed by atoms with van der Waals surface area (Å²) in [6.07, 6.45) is 1.57. The second-order valence-electron chi connectivity index (χ2n) is 4.82. The number of thioether (sulfide) groups is 1. The van der Waals surface area contributed by atoms with Gasteiger partial charge < -0.3 is 14.2 Å². The molecule has 0 fully saturated rings. The summed E-state index contributed by atoms with van der Waals surface area (Å²) in [5, 5.41) is 12.9. The molecular formula is C15H15N3O3S2. The van der Waals surface area contributed by atoms with Gasteiger partial charge in [0.2, 0.25) is 5.91 Å². The molecule has 0 saturated heterocycles. The molecule has 1 amide bonds. The van der Waals surface area contributed by atoms with Crippen LogP contribution in [-0.4, -0.2) is 21.4 Å². The summed E-state index contributed by atoms with van der Waals surface area (Å²) < 4.78 is 10.8. The third-order valence-corrected chi connectivity index (χ3v) is 4.97. The van der Waals surface area contributed by atoms with Gasteiger partial charge in [-0.1, -0.05) is 17.8 Å². The SMILES string of the molecule is Cc1occc1-c1nnc(S[C@H](C)C(=O)NCc2cccs2)o1. The van der Waals surface area contributed by atoms with Gasteiger partial charge in [0.1, 0.15) is 5.76 Å². The summed E-state index contributed by atoms with van der Waals surface area (Å²) in [6, 6.07) is 5.72. The first-order chi connectivity index (χ1) is 11.1. The number of nitrogens with one attached hydrogen (secondary N) is 1. The highest BCUT2D eigenvalue weighted by molar-refractivity contribution is 8.00. The molecule has 0 aliphatic rings. The van der Waals surface area contributed by atoms with Gasteiger partial charge in [0, 0.05) is 4.88 Å². The normalized spacial score (nSPS) is 12.3. The van der Waals surface area contributed by atoms with Crippen molar-refractivity contribution in [1.82, 2.24) is 15.5 Å². The zero-order valence-corrected chi connectivity index (χ0v) is 14.2. The van der Waals surface area contributed by atoms with Gasteiger partial charge in [-0.3, -0.25) is 4.79 Å². The number of carbonyl (C=O) groups excluding carboxylic acids is 1. The number of furan rings is 1. The van der Waals surface area contributed by atoms with E-state index in [1.807, 2.05) is 24.4 Å². The molecule has 120 valence electrons. The Morgan fingerprint density at radius 3 is 3.00 bits per heavy atom. The fourth-order valence-electron chi connectivity index (χ4n) is 1.91. The number of hydrogen-bond donors (Lipinski definition) is 1. The summed E-state index contributed by atoms with van der Waals surface area (Å²) in [5.74, 6) is 1.04. The molecule has 3 heterocycles. The maximum Gasteiger partial charge on any atom is 0.277 e. The molecule has 0 bridgehead atoms. The first-order valence-electron chi connectivity index (χ1n) is 6.98. The molecule has 3 aromatic rings. The maximum atomic E-state index is 12.1. The Balaban J connectivity index is 1.57. The van der Waals surface area contributed by atoms with E-state index < -0.39 is 0 Å². The number of aromatic nitrogens is 2. The third kappa shape index (κ3) is 3.83. The maximum absolute atomic E-state index is 12.1. The monoisotopic (exact) mass is 349 g/mol. The van der Waals surface area contributed by atoms with E-state index in [4.69, 9.17) is 8.83 Å². The van der Waals surface area contributed by atoms with Crippen LogP contribution in [0.4, 0.5) is 0 Å². The van der Waals surface area contributed by atoms with Crippen molar-refractivity contribution in [3.8, 4) is 11.5 Å².